The molecule has 1 heterocycles. The average molecular weight is 469 g/mol. The molecule has 1 aromatic heterocycles. The number of carbonyl (C=O) groups excluding carboxylic acids is 1. The van der Waals surface area contributed by atoms with Crippen LogP contribution in [0.4, 0.5) is 19.0 Å². The van der Waals surface area contributed by atoms with E-state index in [4.69, 9.17) is 0 Å². The van der Waals surface area contributed by atoms with Crippen LogP contribution < -0.4 is 10.1 Å². The van der Waals surface area contributed by atoms with Gasteiger partial charge in [-0.3, -0.25) is 14.7 Å². The van der Waals surface area contributed by atoms with E-state index >= 15 is 0 Å². The molecule has 0 aliphatic carbocycles. The van der Waals surface area contributed by atoms with Crippen LogP contribution in [0.1, 0.15) is 17.9 Å². The number of rotatable bonds is 7. The number of ether oxygens (including phenoxy) is 1. The first kappa shape index (κ1) is 22.8. The van der Waals surface area contributed by atoms with Gasteiger partial charge in [-0.05, 0) is 41.0 Å². The number of nitrogens with one attached hydrogen (secondary N) is 2. The van der Waals surface area contributed by atoms with Gasteiger partial charge < -0.3 is 15.2 Å². The zero-order valence-corrected chi connectivity index (χ0v) is 17.5. The van der Waals surface area contributed by atoms with Crippen molar-refractivity contribution in [2.24, 2.45) is 0 Å². The minimum atomic E-state index is -4.79. The summed E-state index contributed by atoms with van der Waals surface area (Å²) in [4.78, 5) is 24.2. The van der Waals surface area contributed by atoms with Gasteiger partial charge in [0, 0.05) is 5.39 Å². The van der Waals surface area contributed by atoms with Crippen molar-refractivity contribution in [3.05, 3.63) is 78.4 Å². The van der Waals surface area contributed by atoms with Crippen molar-refractivity contribution in [1.82, 2.24) is 10.2 Å². The van der Waals surface area contributed by atoms with Crippen LogP contribution in [0.3, 0.4) is 0 Å². The molecule has 174 valence electrons. The number of hydrogen-bond donors (Lipinski definition) is 3. The fourth-order valence-corrected chi connectivity index (χ4v) is 3.59. The Bertz CT molecular complexity index is 1340. The lowest BCUT2D eigenvalue weighted by Gasteiger charge is -2.14. The van der Waals surface area contributed by atoms with E-state index in [9.17, 15) is 27.9 Å². The first-order valence-corrected chi connectivity index (χ1v) is 10.1. The Kier molecular flexibility index (Phi) is 6.22. The highest BCUT2D eigenvalue weighted by Crippen LogP contribution is 2.31. The van der Waals surface area contributed by atoms with Gasteiger partial charge >= 0.3 is 12.3 Å². The third-order valence-corrected chi connectivity index (χ3v) is 5.10. The topological polar surface area (TPSA) is 104 Å². The predicted molar refractivity (Wildman–Crippen MR) is 118 cm³/mol. The summed E-state index contributed by atoms with van der Waals surface area (Å²) in [5.41, 5.74) is 2.19. The molecule has 34 heavy (non-hydrogen) atoms. The Morgan fingerprint density at radius 3 is 2.44 bits per heavy atom. The second-order valence-electron chi connectivity index (χ2n) is 7.46. The molecule has 3 N–H and O–H groups in total. The van der Waals surface area contributed by atoms with E-state index < -0.39 is 30.6 Å². The summed E-state index contributed by atoms with van der Waals surface area (Å²) in [7, 11) is 0. The van der Waals surface area contributed by atoms with Gasteiger partial charge in [0.05, 0.1) is 17.9 Å². The van der Waals surface area contributed by atoms with Crippen molar-refractivity contribution in [3.63, 3.8) is 0 Å². The number of nitrogens with zero attached hydrogens (tertiary/aromatic N) is 1. The first-order valence-electron chi connectivity index (χ1n) is 10.1. The fourth-order valence-electron chi connectivity index (χ4n) is 3.59. The van der Waals surface area contributed by atoms with Crippen LogP contribution in [0, 0.1) is 0 Å². The maximum absolute atomic E-state index is 12.9. The minimum absolute atomic E-state index is 0.215. The number of fused-ring (bicyclic) bond motifs is 1. The quantitative estimate of drug-likeness (QED) is 0.340. The molecule has 0 fully saturated rings. The van der Waals surface area contributed by atoms with Crippen LogP contribution in [0.2, 0.25) is 0 Å². The SMILES string of the molecule is O=C(O)CC(C(=O)Nc1n[nH]c2cc(-c3cccc(OC(F)(F)F)c3)ccc12)c1ccccc1. The largest absolute Gasteiger partial charge is 0.573 e. The zero-order valence-electron chi connectivity index (χ0n) is 17.5. The Morgan fingerprint density at radius 2 is 1.74 bits per heavy atom. The molecule has 1 amide bonds. The summed E-state index contributed by atoms with van der Waals surface area (Å²) < 4.78 is 41.5. The smallest absolute Gasteiger partial charge is 0.481 e. The number of anilines is 1. The van der Waals surface area contributed by atoms with Gasteiger partial charge in [0.25, 0.3) is 0 Å². The number of amides is 1. The first-order chi connectivity index (χ1) is 16.2. The van der Waals surface area contributed by atoms with Crippen molar-refractivity contribution in [1.29, 1.82) is 0 Å². The van der Waals surface area contributed by atoms with Crippen LogP contribution in [0.25, 0.3) is 22.0 Å². The lowest BCUT2D eigenvalue weighted by atomic mass is 9.95. The fraction of sp³-hybridized carbons (Fsp3) is 0.125. The maximum Gasteiger partial charge on any atom is 0.573 e. The van der Waals surface area contributed by atoms with E-state index in [0.29, 0.717) is 27.6 Å². The Hall–Kier alpha value is -4.34. The maximum atomic E-state index is 12.9. The summed E-state index contributed by atoms with van der Waals surface area (Å²) in [6.07, 6.45) is -5.18. The van der Waals surface area contributed by atoms with Crippen molar-refractivity contribution in [2.75, 3.05) is 5.32 Å². The van der Waals surface area contributed by atoms with E-state index in [1.54, 1.807) is 54.6 Å². The highest BCUT2D eigenvalue weighted by atomic mass is 19.4. The molecule has 3 aromatic carbocycles. The molecule has 1 atom stereocenters. The Balaban J connectivity index is 1.58. The molecule has 0 radical (unpaired) electrons. The standard InChI is InChI=1S/C24H18F3N3O4/c25-24(26,27)34-17-8-4-7-15(11-17)16-9-10-18-20(12-16)29-30-22(18)28-23(33)19(13-21(31)32)14-5-2-1-3-6-14/h1-12,19H,13H2,(H,31,32)(H2,28,29,30,33). The van der Waals surface area contributed by atoms with Crippen LogP contribution in [-0.2, 0) is 9.59 Å². The number of aromatic amines is 1. The molecular formula is C24H18F3N3O4. The number of carboxylic acid groups (broad SMARTS) is 1. The number of H-pyrrole nitrogens is 1. The number of alkyl halides is 3. The predicted octanol–water partition coefficient (Wildman–Crippen LogP) is 5.33. The van der Waals surface area contributed by atoms with E-state index in [0.717, 1.165) is 0 Å². The van der Waals surface area contributed by atoms with E-state index in [1.165, 1.54) is 18.2 Å². The lowest BCUT2D eigenvalue weighted by Crippen LogP contribution is -2.23. The molecule has 0 saturated heterocycles. The molecule has 1 unspecified atom stereocenters. The van der Waals surface area contributed by atoms with Crippen molar-refractivity contribution in [3.8, 4) is 16.9 Å². The zero-order chi connectivity index (χ0) is 24.3. The summed E-state index contributed by atoms with van der Waals surface area (Å²) >= 11 is 0. The van der Waals surface area contributed by atoms with Gasteiger partial charge in [-0.15, -0.1) is 13.2 Å². The summed E-state index contributed by atoms with van der Waals surface area (Å²) in [6, 6.07) is 19.1. The number of aliphatic carboxylic acids is 1. The van der Waals surface area contributed by atoms with Crippen molar-refractivity contribution in [2.45, 2.75) is 18.7 Å². The molecule has 7 nitrogen and oxygen atoms in total. The summed E-state index contributed by atoms with van der Waals surface area (Å²) in [5.74, 6) is -2.68. The van der Waals surface area contributed by atoms with Crippen molar-refractivity contribution >= 4 is 28.6 Å². The van der Waals surface area contributed by atoms with E-state index in [2.05, 4.69) is 20.3 Å². The molecule has 10 heteroatoms. The molecule has 4 rings (SSSR count). The van der Waals surface area contributed by atoms with Crippen LogP contribution in [0.15, 0.2) is 72.8 Å². The lowest BCUT2D eigenvalue weighted by molar-refractivity contribution is -0.274. The molecule has 0 bridgehead atoms. The molecule has 0 saturated carbocycles. The third-order valence-electron chi connectivity index (χ3n) is 5.10. The summed E-state index contributed by atoms with van der Waals surface area (Å²) in [5, 5.41) is 19.4. The number of carboxylic acids is 1. The molecule has 0 spiro atoms. The summed E-state index contributed by atoms with van der Waals surface area (Å²) in [6.45, 7) is 0. The molecule has 0 aliphatic heterocycles. The molecule has 0 aliphatic rings. The Morgan fingerprint density at radius 1 is 1.00 bits per heavy atom. The van der Waals surface area contributed by atoms with Crippen molar-refractivity contribution < 1.29 is 32.6 Å². The monoisotopic (exact) mass is 469 g/mol. The number of hydrogen-bond acceptors (Lipinski definition) is 4. The number of carbonyl (C=O) groups is 2. The number of aromatic nitrogens is 2. The van der Waals surface area contributed by atoms with Gasteiger partial charge in [0.2, 0.25) is 5.91 Å². The van der Waals surface area contributed by atoms with Gasteiger partial charge in [-0.25, -0.2) is 0 Å². The highest BCUT2D eigenvalue weighted by molar-refractivity contribution is 6.03. The third kappa shape index (κ3) is 5.34. The number of halogens is 3. The Labute approximate surface area is 191 Å². The second kappa shape index (κ2) is 9.26. The average Bonchev–Trinajstić information content (AvgIpc) is 3.19. The van der Waals surface area contributed by atoms with E-state index in [-0.39, 0.29) is 11.6 Å². The van der Waals surface area contributed by atoms with Gasteiger partial charge in [-0.2, -0.15) is 5.10 Å². The second-order valence-corrected chi connectivity index (χ2v) is 7.46. The van der Waals surface area contributed by atoms with Gasteiger partial charge in [-0.1, -0.05) is 48.5 Å². The minimum Gasteiger partial charge on any atom is -0.481 e. The number of benzene rings is 3. The molecular weight excluding hydrogens is 451 g/mol. The van der Waals surface area contributed by atoms with E-state index in [1.807, 2.05) is 0 Å². The van der Waals surface area contributed by atoms with Gasteiger partial charge in [0.1, 0.15) is 5.75 Å². The normalized spacial score (nSPS) is 12.3. The van der Waals surface area contributed by atoms with Crippen LogP contribution >= 0.6 is 0 Å². The van der Waals surface area contributed by atoms with Gasteiger partial charge in [0.15, 0.2) is 5.82 Å². The highest BCUT2D eigenvalue weighted by Gasteiger charge is 2.31. The molecule has 4 aromatic rings. The van der Waals surface area contributed by atoms with Crippen LogP contribution in [-0.4, -0.2) is 33.5 Å². The van der Waals surface area contributed by atoms with Crippen LogP contribution in [0.5, 0.6) is 5.75 Å².